The van der Waals surface area contributed by atoms with E-state index in [1.165, 1.54) is 31.5 Å². The number of benzene rings is 2. The number of para-hydroxylation sites is 2. The molecule has 2 aromatic carbocycles. The molecule has 0 aliphatic carbocycles. The van der Waals surface area contributed by atoms with E-state index in [2.05, 4.69) is 15.3 Å². The van der Waals surface area contributed by atoms with Crippen molar-refractivity contribution in [1.29, 1.82) is 0 Å². The van der Waals surface area contributed by atoms with Crippen molar-refractivity contribution < 1.29 is 19.0 Å². The van der Waals surface area contributed by atoms with Crippen LogP contribution in [0.5, 0.6) is 5.75 Å². The second kappa shape index (κ2) is 9.29. The summed E-state index contributed by atoms with van der Waals surface area (Å²) in [6.07, 6.45) is 2.06. The number of aliphatic hydroxyl groups is 1. The number of ether oxygens (including phenoxy) is 1. The molecular formula is C23H24FN5O3. The summed E-state index contributed by atoms with van der Waals surface area (Å²) in [4.78, 5) is 23.4. The molecule has 2 atom stereocenters. The number of rotatable bonds is 6. The van der Waals surface area contributed by atoms with Gasteiger partial charge < -0.3 is 25.8 Å². The monoisotopic (exact) mass is 437 g/mol. The number of carbonyl (C=O) groups excluding carboxylic acids is 1. The third-order valence-corrected chi connectivity index (χ3v) is 5.43. The van der Waals surface area contributed by atoms with Gasteiger partial charge in [-0.05, 0) is 36.8 Å². The van der Waals surface area contributed by atoms with Crippen LogP contribution in [0.4, 0.5) is 15.8 Å². The molecule has 2 heterocycles. The molecule has 0 bridgehead atoms. The second-order valence-corrected chi connectivity index (χ2v) is 7.54. The van der Waals surface area contributed by atoms with E-state index in [1.807, 2.05) is 17.0 Å². The van der Waals surface area contributed by atoms with Gasteiger partial charge in [-0.3, -0.25) is 4.79 Å². The standard InChI is InChI=1S/C23H24FN5O3/c1-32-20-8-4-5-16(24)21(20)22-26-10-9-18(27-22)23(31)28-17-6-2-3-7-19(17)29-12-14(25)11-15(29)13-30/h2-10,14-15,30H,11-13,25H2,1H3,(H,28,31). The van der Waals surface area contributed by atoms with Crippen LogP contribution in [0.2, 0.25) is 0 Å². The van der Waals surface area contributed by atoms with Gasteiger partial charge in [-0.25, -0.2) is 14.4 Å². The van der Waals surface area contributed by atoms with Crippen molar-refractivity contribution in [3.05, 3.63) is 66.2 Å². The van der Waals surface area contributed by atoms with Crippen molar-refractivity contribution in [2.24, 2.45) is 5.73 Å². The Kier molecular flexibility index (Phi) is 6.29. The number of aromatic nitrogens is 2. The van der Waals surface area contributed by atoms with E-state index < -0.39 is 11.7 Å². The van der Waals surface area contributed by atoms with E-state index in [0.717, 1.165) is 5.69 Å². The molecule has 1 amide bonds. The average molecular weight is 437 g/mol. The van der Waals surface area contributed by atoms with E-state index in [0.29, 0.717) is 18.7 Å². The zero-order valence-electron chi connectivity index (χ0n) is 17.5. The molecule has 0 radical (unpaired) electrons. The van der Waals surface area contributed by atoms with Crippen LogP contribution in [-0.4, -0.2) is 53.3 Å². The Morgan fingerprint density at radius 3 is 2.88 bits per heavy atom. The lowest BCUT2D eigenvalue weighted by Crippen LogP contribution is -2.33. The predicted molar refractivity (Wildman–Crippen MR) is 119 cm³/mol. The van der Waals surface area contributed by atoms with Crippen LogP contribution in [0.3, 0.4) is 0 Å². The summed E-state index contributed by atoms with van der Waals surface area (Å²) < 4.78 is 19.7. The minimum atomic E-state index is -0.548. The Hall–Kier alpha value is -3.56. The van der Waals surface area contributed by atoms with Gasteiger partial charge in [-0.1, -0.05) is 18.2 Å². The van der Waals surface area contributed by atoms with E-state index >= 15 is 0 Å². The summed E-state index contributed by atoms with van der Waals surface area (Å²) in [5, 5.41) is 12.6. The molecular weight excluding hydrogens is 413 g/mol. The van der Waals surface area contributed by atoms with Gasteiger partial charge in [0.25, 0.3) is 5.91 Å². The Labute approximate surface area is 184 Å². The summed E-state index contributed by atoms with van der Waals surface area (Å²) in [6.45, 7) is 0.540. The number of halogens is 1. The number of nitrogens with two attached hydrogens (primary N) is 1. The molecule has 1 aliphatic heterocycles. The SMILES string of the molecule is COc1cccc(F)c1-c1nccc(C(=O)Nc2ccccc2N2CC(N)CC2CO)n1. The van der Waals surface area contributed by atoms with E-state index in [-0.39, 0.29) is 41.5 Å². The normalized spacial score (nSPS) is 17.9. The first-order valence-electron chi connectivity index (χ1n) is 10.2. The highest BCUT2D eigenvalue weighted by atomic mass is 19.1. The smallest absolute Gasteiger partial charge is 0.274 e. The van der Waals surface area contributed by atoms with Gasteiger partial charge in [-0.2, -0.15) is 0 Å². The van der Waals surface area contributed by atoms with Gasteiger partial charge >= 0.3 is 0 Å². The van der Waals surface area contributed by atoms with Gasteiger partial charge in [0.05, 0.1) is 36.7 Å². The molecule has 9 heteroatoms. The summed E-state index contributed by atoms with van der Waals surface area (Å²) in [6, 6.07) is 13.0. The number of carbonyl (C=O) groups is 1. The number of methoxy groups -OCH3 is 1. The summed E-state index contributed by atoms with van der Waals surface area (Å²) in [7, 11) is 1.43. The molecule has 8 nitrogen and oxygen atoms in total. The number of nitrogens with zero attached hydrogens (tertiary/aromatic N) is 3. The highest BCUT2D eigenvalue weighted by molar-refractivity contribution is 6.05. The fourth-order valence-electron chi connectivity index (χ4n) is 3.93. The van der Waals surface area contributed by atoms with Gasteiger partial charge in [0.1, 0.15) is 17.3 Å². The molecule has 1 aliphatic rings. The summed E-state index contributed by atoms with van der Waals surface area (Å²) in [5.74, 6) is -0.701. The quantitative estimate of drug-likeness (QED) is 0.543. The molecule has 1 saturated heterocycles. The van der Waals surface area contributed by atoms with Crippen molar-refractivity contribution in [1.82, 2.24) is 9.97 Å². The number of nitrogens with one attached hydrogen (secondary N) is 1. The lowest BCUT2D eigenvalue weighted by Gasteiger charge is -2.27. The van der Waals surface area contributed by atoms with Crippen LogP contribution >= 0.6 is 0 Å². The molecule has 166 valence electrons. The Morgan fingerprint density at radius 1 is 1.28 bits per heavy atom. The minimum Gasteiger partial charge on any atom is -0.496 e. The molecule has 0 spiro atoms. The summed E-state index contributed by atoms with van der Waals surface area (Å²) in [5.41, 5.74) is 7.57. The van der Waals surface area contributed by atoms with Gasteiger partial charge in [0.15, 0.2) is 5.82 Å². The number of amides is 1. The van der Waals surface area contributed by atoms with E-state index in [9.17, 15) is 14.3 Å². The maximum atomic E-state index is 14.4. The highest BCUT2D eigenvalue weighted by Gasteiger charge is 2.31. The van der Waals surface area contributed by atoms with Crippen molar-refractivity contribution in [3.8, 4) is 17.1 Å². The van der Waals surface area contributed by atoms with Crippen LogP contribution < -0.4 is 20.7 Å². The fourth-order valence-corrected chi connectivity index (χ4v) is 3.93. The van der Waals surface area contributed by atoms with Crippen molar-refractivity contribution >= 4 is 17.3 Å². The first kappa shape index (κ1) is 21.7. The highest BCUT2D eigenvalue weighted by Crippen LogP contribution is 2.33. The maximum absolute atomic E-state index is 14.4. The minimum absolute atomic E-state index is 0.0320. The third kappa shape index (κ3) is 4.25. The topological polar surface area (TPSA) is 114 Å². The Balaban J connectivity index is 1.63. The largest absolute Gasteiger partial charge is 0.496 e. The number of aliphatic hydroxyl groups excluding tert-OH is 1. The van der Waals surface area contributed by atoms with Crippen molar-refractivity contribution in [3.63, 3.8) is 0 Å². The lowest BCUT2D eigenvalue weighted by atomic mass is 10.1. The Bertz CT molecular complexity index is 1130. The first-order chi connectivity index (χ1) is 15.5. The lowest BCUT2D eigenvalue weighted by molar-refractivity contribution is 0.102. The molecule has 1 fully saturated rings. The molecule has 4 N–H and O–H groups in total. The Morgan fingerprint density at radius 2 is 2.09 bits per heavy atom. The van der Waals surface area contributed by atoms with Crippen LogP contribution in [0, 0.1) is 5.82 Å². The van der Waals surface area contributed by atoms with Gasteiger partial charge in [-0.15, -0.1) is 0 Å². The summed E-state index contributed by atoms with van der Waals surface area (Å²) >= 11 is 0. The average Bonchev–Trinajstić information content (AvgIpc) is 3.19. The number of anilines is 2. The maximum Gasteiger partial charge on any atom is 0.274 e. The van der Waals surface area contributed by atoms with Crippen LogP contribution in [0.1, 0.15) is 16.9 Å². The number of hydrogen-bond acceptors (Lipinski definition) is 7. The molecule has 4 rings (SSSR count). The van der Waals surface area contributed by atoms with Crippen LogP contribution in [-0.2, 0) is 0 Å². The molecule has 32 heavy (non-hydrogen) atoms. The van der Waals surface area contributed by atoms with Crippen LogP contribution in [0.15, 0.2) is 54.7 Å². The molecule has 3 aromatic rings. The van der Waals surface area contributed by atoms with E-state index in [4.69, 9.17) is 10.5 Å². The van der Waals surface area contributed by atoms with Gasteiger partial charge in [0.2, 0.25) is 0 Å². The zero-order valence-corrected chi connectivity index (χ0v) is 17.5. The molecule has 1 aromatic heterocycles. The first-order valence-corrected chi connectivity index (χ1v) is 10.2. The van der Waals surface area contributed by atoms with E-state index in [1.54, 1.807) is 18.2 Å². The second-order valence-electron chi connectivity index (χ2n) is 7.54. The van der Waals surface area contributed by atoms with Crippen molar-refractivity contribution in [2.75, 3.05) is 30.5 Å². The number of hydrogen-bond donors (Lipinski definition) is 3. The molecule has 0 saturated carbocycles. The molecule has 2 unspecified atom stereocenters. The fraction of sp³-hybridized carbons (Fsp3) is 0.261. The van der Waals surface area contributed by atoms with Crippen LogP contribution in [0.25, 0.3) is 11.4 Å². The third-order valence-electron chi connectivity index (χ3n) is 5.43. The van der Waals surface area contributed by atoms with Crippen molar-refractivity contribution in [2.45, 2.75) is 18.5 Å². The van der Waals surface area contributed by atoms with Gasteiger partial charge in [0, 0.05) is 18.8 Å². The predicted octanol–water partition coefficient (Wildman–Crippen LogP) is 2.44. The zero-order chi connectivity index (χ0) is 22.7.